The molecule has 0 saturated heterocycles. The number of ether oxygens (including phenoxy) is 2. The minimum Gasteiger partial charge on any atom is -0.505 e. The van der Waals surface area contributed by atoms with Crippen LogP contribution in [-0.4, -0.2) is 18.0 Å². The highest BCUT2D eigenvalue weighted by Crippen LogP contribution is 2.50. The number of Topliss-reactive ketones (excluding diaryl/α,β-unsaturated/α-hetero) is 1. The van der Waals surface area contributed by atoms with Crippen molar-refractivity contribution in [2.45, 2.75) is 32.6 Å². The first kappa shape index (κ1) is 19.4. The normalized spacial score (nSPS) is 10.6. The van der Waals surface area contributed by atoms with Crippen LogP contribution in [-0.2, 0) is 0 Å². The molecule has 0 atom stereocenters. The van der Waals surface area contributed by atoms with Gasteiger partial charge in [-0.3, -0.25) is 4.79 Å². The van der Waals surface area contributed by atoms with Crippen molar-refractivity contribution in [2.24, 2.45) is 0 Å². The summed E-state index contributed by atoms with van der Waals surface area (Å²) in [6.07, 6.45) is 2.91. The summed E-state index contributed by atoms with van der Waals surface area (Å²) in [5, 5.41) is 10.4. The van der Waals surface area contributed by atoms with Crippen LogP contribution >= 0.6 is 23.2 Å². The molecule has 6 heteroatoms. The third kappa shape index (κ3) is 4.39. The molecular formula is C19H20Cl2O4. The van der Waals surface area contributed by atoms with Crippen molar-refractivity contribution in [3.63, 3.8) is 0 Å². The Hall–Kier alpha value is -1.91. The predicted octanol–water partition coefficient (Wildman–Crippen LogP) is 6.26. The zero-order chi connectivity index (χ0) is 18.4. The van der Waals surface area contributed by atoms with Crippen LogP contribution in [0, 0.1) is 0 Å². The maximum atomic E-state index is 12.5. The van der Waals surface area contributed by atoms with Crippen molar-refractivity contribution in [3.05, 3.63) is 45.9 Å². The van der Waals surface area contributed by atoms with Gasteiger partial charge >= 0.3 is 0 Å². The first-order chi connectivity index (χ1) is 12.0. The Labute approximate surface area is 157 Å². The lowest BCUT2D eigenvalue weighted by Crippen LogP contribution is -2.05. The van der Waals surface area contributed by atoms with E-state index in [2.05, 4.69) is 0 Å². The van der Waals surface area contributed by atoms with Crippen LogP contribution in [0.4, 0.5) is 0 Å². The molecule has 0 aliphatic heterocycles. The maximum Gasteiger partial charge on any atom is 0.172 e. The van der Waals surface area contributed by atoms with Crippen molar-refractivity contribution >= 4 is 29.0 Å². The number of aromatic hydroxyl groups is 1. The molecule has 1 N–H and O–H groups in total. The summed E-state index contributed by atoms with van der Waals surface area (Å²) in [4.78, 5) is 12.5. The predicted molar refractivity (Wildman–Crippen MR) is 99.7 cm³/mol. The topological polar surface area (TPSA) is 55.8 Å². The van der Waals surface area contributed by atoms with E-state index in [-0.39, 0.29) is 45.1 Å². The van der Waals surface area contributed by atoms with E-state index in [0.29, 0.717) is 5.75 Å². The van der Waals surface area contributed by atoms with Gasteiger partial charge < -0.3 is 14.6 Å². The van der Waals surface area contributed by atoms with Crippen LogP contribution in [0.5, 0.6) is 23.0 Å². The second-order valence-electron chi connectivity index (χ2n) is 5.51. The lowest BCUT2D eigenvalue weighted by Gasteiger charge is -2.17. The number of carbonyl (C=O) groups is 1. The first-order valence-corrected chi connectivity index (χ1v) is 8.80. The SMILES string of the molecule is CCCCCC(=O)c1c(O)c(Cl)c(Oc2ccccc2)c(Cl)c1OC. The zero-order valence-corrected chi connectivity index (χ0v) is 15.7. The van der Waals surface area contributed by atoms with Gasteiger partial charge in [0.15, 0.2) is 23.0 Å². The van der Waals surface area contributed by atoms with E-state index in [1.165, 1.54) is 7.11 Å². The van der Waals surface area contributed by atoms with E-state index in [0.717, 1.165) is 19.3 Å². The minimum absolute atomic E-state index is 0.00554. The molecule has 0 bridgehead atoms. The molecule has 2 rings (SSSR count). The average Bonchev–Trinajstić information content (AvgIpc) is 2.62. The van der Waals surface area contributed by atoms with E-state index in [1.54, 1.807) is 24.3 Å². The highest BCUT2D eigenvalue weighted by molar-refractivity contribution is 6.40. The number of methoxy groups -OCH3 is 1. The van der Waals surface area contributed by atoms with Crippen LogP contribution in [0.3, 0.4) is 0 Å². The van der Waals surface area contributed by atoms with Gasteiger partial charge in [-0.1, -0.05) is 61.2 Å². The molecule has 25 heavy (non-hydrogen) atoms. The number of hydrogen-bond acceptors (Lipinski definition) is 4. The Morgan fingerprint density at radius 1 is 1.08 bits per heavy atom. The summed E-state index contributed by atoms with van der Waals surface area (Å²) in [6, 6.07) is 8.87. The van der Waals surface area contributed by atoms with Crippen LogP contribution in [0.2, 0.25) is 10.0 Å². The van der Waals surface area contributed by atoms with Crippen molar-refractivity contribution in [3.8, 4) is 23.0 Å². The van der Waals surface area contributed by atoms with Crippen molar-refractivity contribution in [2.75, 3.05) is 7.11 Å². The number of ketones is 1. The number of hydrogen-bond donors (Lipinski definition) is 1. The van der Waals surface area contributed by atoms with Gasteiger partial charge in [0, 0.05) is 6.42 Å². The molecule has 2 aromatic carbocycles. The lowest BCUT2D eigenvalue weighted by molar-refractivity contribution is 0.0973. The molecular weight excluding hydrogens is 363 g/mol. The molecule has 0 aliphatic carbocycles. The average molecular weight is 383 g/mol. The third-order valence-electron chi connectivity index (χ3n) is 3.72. The van der Waals surface area contributed by atoms with E-state index >= 15 is 0 Å². The molecule has 0 radical (unpaired) electrons. The molecule has 0 amide bonds. The fraction of sp³-hybridized carbons (Fsp3) is 0.316. The molecule has 0 aliphatic rings. The Balaban J connectivity index is 2.45. The van der Waals surface area contributed by atoms with Crippen LogP contribution < -0.4 is 9.47 Å². The summed E-state index contributed by atoms with van der Waals surface area (Å²) in [6.45, 7) is 2.05. The molecule has 0 fully saturated rings. The van der Waals surface area contributed by atoms with E-state index in [1.807, 2.05) is 13.0 Å². The quantitative estimate of drug-likeness (QED) is 0.432. The standard InChI is InChI=1S/C19H20Cl2O4/c1-3-4-6-11-13(22)14-17(23)15(20)19(16(21)18(14)24-2)25-12-9-7-5-8-10-12/h5,7-10,23H,3-4,6,11H2,1-2H3. The Morgan fingerprint density at radius 2 is 1.76 bits per heavy atom. The smallest absolute Gasteiger partial charge is 0.172 e. The number of phenols is 1. The number of rotatable bonds is 8. The zero-order valence-electron chi connectivity index (χ0n) is 14.1. The number of phenolic OH excluding ortho intramolecular Hbond substituents is 1. The van der Waals surface area contributed by atoms with Gasteiger partial charge in [-0.2, -0.15) is 0 Å². The summed E-state index contributed by atoms with van der Waals surface area (Å²) >= 11 is 12.6. The number of unbranched alkanes of at least 4 members (excludes halogenated alkanes) is 2. The fourth-order valence-electron chi connectivity index (χ4n) is 2.44. The molecule has 0 aromatic heterocycles. The molecule has 0 unspecified atom stereocenters. The summed E-state index contributed by atoms with van der Waals surface area (Å²) in [5.41, 5.74) is -0.00554. The van der Waals surface area contributed by atoms with Gasteiger partial charge in [-0.25, -0.2) is 0 Å². The number of benzene rings is 2. The largest absolute Gasteiger partial charge is 0.505 e. The molecule has 4 nitrogen and oxygen atoms in total. The van der Waals surface area contributed by atoms with Crippen LogP contribution in [0.25, 0.3) is 0 Å². The molecule has 134 valence electrons. The van der Waals surface area contributed by atoms with Crippen molar-refractivity contribution in [1.82, 2.24) is 0 Å². The van der Waals surface area contributed by atoms with Crippen LogP contribution in [0.1, 0.15) is 43.0 Å². The molecule has 0 spiro atoms. The maximum absolute atomic E-state index is 12.5. The van der Waals surface area contributed by atoms with Gasteiger partial charge in [0.1, 0.15) is 21.4 Å². The molecule has 0 heterocycles. The van der Waals surface area contributed by atoms with Crippen LogP contribution in [0.15, 0.2) is 30.3 Å². The van der Waals surface area contributed by atoms with E-state index in [4.69, 9.17) is 32.7 Å². The summed E-state index contributed by atoms with van der Waals surface area (Å²) in [7, 11) is 1.38. The number of para-hydroxylation sites is 1. The fourth-order valence-corrected chi connectivity index (χ4v) is 3.02. The Bertz CT molecular complexity index is 745. The van der Waals surface area contributed by atoms with E-state index in [9.17, 15) is 9.90 Å². The van der Waals surface area contributed by atoms with E-state index < -0.39 is 0 Å². The highest BCUT2D eigenvalue weighted by Gasteiger charge is 2.28. The Morgan fingerprint density at radius 3 is 2.36 bits per heavy atom. The van der Waals surface area contributed by atoms with Crippen molar-refractivity contribution in [1.29, 1.82) is 0 Å². The van der Waals surface area contributed by atoms with Gasteiger partial charge in [-0.05, 0) is 18.6 Å². The monoisotopic (exact) mass is 382 g/mol. The van der Waals surface area contributed by atoms with Gasteiger partial charge in [0.05, 0.1) is 7.11 Å². The second kappa shape index (κ2) is 8.97. The van der Waals surface area contributed by atoms with Crippen molar-refractivity contribution < 1.29 is 19.4 Å². The number of halogens is 2. The van der Waals surface area contributed by atoms with Gasteiger partial charge in [0.2, 0.25) is 0 Å². The van der Waals surface area contributed by atoms with Gasteiger partial charge in [0.25, 0.3) is 0 Å². The Kier molecular flexibility index (Phi) is 6.97. The lowest BCUT2D eigenvalue weighted by atomic mass is 10.0. The minimum atomic E-state index is -0.379. The van der Waals surface area contributed by atoms with Gasteiger partial charge in [-0.15, -0.1) is 0 Å². The second-order valence-corrected chi connectivity index (χ2v) is 6.27. The molecule has 0 saturated carbocycles. The first-order valence-electron chi connectivity index (χ1n) is 8.05. The third-order valence-corrected chi connectivity index (χ3v) is 4.42. The summed E-state index contributed by atoms with van der Waals surface area (Å²) in [5.74, 6) is -0.0343. The molecule has 2 aromatic rings. The number of carbonyl (C=O) groups excluding carboxylic acids is 1. The highest BCUT2D eigenvalue weighted by atomic mass is 35.5. The summed E-state index contributed by atoms with van der Waals surface area (Å²) < 4.78 is 10.9.